The van der Waals surface area contributed by atoms with Crippen LogP contribution in [0.4, 0.5) is 8.78 Å². The van der Waals surface area contributed by atoms with E-state index in [2.05, 4.69) is 10.4 Å². The van der Waals surface area contributed by atoms with Crippen LogP contribution in [0.1, 0.15) is 17.8 Å². The average molecular weight is 267 g/mol. The van der Waals surface area contributed by atoms with Crippen molar-refractivity contribution in [1.82, 2.24) is 15.1 Å². The molecule has 19 heavy (non-hydrogen) atoms. The molecule has 0 bridgehead atoms. The predicted octanol–water partition coefficient (Wildman–Crippen LogP) is 2.58. The molecule has 0 saturated heterocycles. The minimum atomic E-state index is -2.60. The van der Waals surface area contributed by atoms with Crippen molar-refractivity contribution in [2.75, 3.05) is 7.11 Å². The van der Waals surface area contributed by atoms with Gasteiger partial charge in [0.05, 0.1) is 12.8 Å². The van der Waals surface area contributed by atoms with Crippen molar-refractivity contribution >= 4 is 0 Å². The number of hydrogen-bond donors (Lipinski definition) is 1. The highest BCUT2D eigenvalue weighted by Gasteiger charge is 2.10. The van der Waals surface area contributed by atoms with Gasteiger partial charge >= 0.3 is 6.55 Å². The van der Waals surface area contributed by atoms with E-state index in [0.717, 1.165) is 11.3 Å². The molecule has 0 aliphatic heterocycles. The fourth-order valence-electron chi connectivity index (χ4n) is 1.74. The van der Waals surface area contributed by atoms with E-state index in [4.69, 9.17) is 4.74 Å². The Bertz CT molecular complexity index is 511. The number of alkyl halides is 2. The lowest BCUT2D eigenvalue weighted by Gasteiger charge is -2.08. The molecule has 0 spiro atoms. The van der Waals surface area contributed by atoms with E-state index in [0.29, 0.717) is 23.5 Å². The Labute approximate surface area is 110 Å². The van der Waals surface area contributed by atoms with Gasteiger partial charge in [0.25, 0.3) is 0 Å². The summed E-state index contributed by atoms with van der Waals surface area (Å²) in [6.07, 6.45) is 1.37. The molecule has 0 amide bonds. The number of hydrogen-bond acceptors (Lipinski definition) is 3. The summed E-state index contributed by atoms with van der Waals surface area (Å²) in [5, 5.41) is 6.68. The summed E-state index contributed by atoms with van der Waals surface area (Å²) in [7, 11) is 1.61. The lowest BCUT2D eigenvalue weighted by Crippen LogP contribution is -2.16. The van der Waals surface area contributed by atoms with Gasteiger partial charge in [-0.15, -0.1) is 0 Å². The summed E-state index contributed by atoms with van der Waals surface area (Å²) in [6.45, 7) is -1.66. The van der Waals surface area contributed by atoms with Crippen LogP contribution in [0.25, 0.3) is 0 Å². The molecule has 1 aromatic carbocycles. The second-order valence-corrected chi connectivity index (χ2v) is 4.00. The van der Waals surface area contributed by atoms with Crippen LogP contribution in [0.5, 0.6) is 5.75 Å². The van der Waals surface area contributed by atoms with Crippen molar-refractivity contribution in [3.63, 3.8) is 0 Å². The lowest BCUT2D eigenvalue weighted by molar-refractivity contribution is 0.0531. The van der Waals surface area contributed by atoms with Gasteiger partial charge in [-0.3, -0.25) is 0 Å². The molecule has 2 rings (SSSR count). The normalized spacial score (nSPS) is 10.9. The number of rotatable bonds is 6. The summed E-state index contributed by atoms with van der Waals surface area (Å²) >= 11 is 0. The minimum Gasteiger partial charge on any atom is -0.497 e. The molecule has 2 aromatic rings. The number of nitrogens with one attached hydrogen (secondary N) is 1. The highest BCUT2D eigenvalue weighted by Crippen LogP contribution is 2.13. The molecule has 1 N–H and O–H groups in total. The molecular weight excluding hydrogens is 252 g/mol. The van der Waals surface area contributed by atoms with Crippen molar-refractivity contribution in [3.8, 4) is 5.75 Å². The highest BCUT2D eigenvalue weighted by atomic mass is 19.3. The van der Waals surface area contributed by atoms with E-state index < -0.39 is 6.55 Å². The Morgan fingerprint density at radius 3 is 2.58 bits per heavy atom. The zero-order valence-electron chi connectivity index (χ0n) is 10.5. The Morgan fingerprint density at radius 1 is 1.21 bits per heavy atom. The molecule has 4 nitrogen and oxygen atoms in total. The second kappa shape index (κ2) is 6.29. The van der Waals surface area contributed by atoms with Crippen LogP contribution in [-0.4, -0.2) is 16.9 Å². The average Bonchev–Trinajstić information content (AvgIpc) is 2.88. The van der Waals surface area contributed by atoms with Crippen molar-refractivity contribution in [1.29, 1.82) is 0 Å². The molecule has 0 saturated carbocycles. The number of halogens is 2. The SMILES string of the molecule is COc1ccc(CNCc2ccnn2C(F)F)cc1. The minimum absolute atomic E-state index is 0.344. The quantitative estimate of drug-likeness (QED) is 0.874. The number of benzene rings is 1. The Morgan fingerprint density at radius 2 is 1.95 bits per heavy atom. The summed E-state index contributed by atoms with van der Waals surface area (Å²) in [5.41, 5.74) is 1.52. The van der Waals surface area contributed by atoms with E-state index in [9.17, 15) is 8.78 Å². The second-order valence-electron chi connectivity index (χ2n) is 4.00. The Kier molecular flexibility index (Phi) is 4.46. The fourth-order valence-corrected chi connectivity index (χ4v) is 1.74. The molecule has 0 aliphatic rings. The van der Waals surface area contributed by atoms with Gasteiger partial charge in [-0.05, 0) is 23.8 Å². The Balaban J connectivity index is 1.87. The van der Waals surface area contributed by atoms with Crippen LogP contribution in [0.3, 0.4) is 0 Å². The molecule has 0 radical (unpaired) electrons. The fraction of sp³-hybridized carbons (Fsp3) is 0.308. The molecule has 0 aliphatic carbocycles. The van der Waals surface area contributed by atoms with Gasteiger partial charge < -0.3 is 10.1 Å². The third kappa shape index (κ3) is 3.51. The monoisotopic (exact) mass is 267 g/mol. The standard InChI is InChI=1S/C13H15F2N3O/c1-19-12-4-2-10(3-5-12)8-16-9-11-6-7-17-18(11)13(14)15/h2-7,13,16H,8-9H2,1H3. The van der Waals surface area contributed by atoms with Gasteiger partial charge in [-0.25, -0.2) is 4.68 Å². The molecule has 102 valence electrons. The highest BCUT2D eigenvalue weighted by molar-refractivity contribution is 5.27. The molecule has 0 atom stereocenters. The summed E-state index contributed by atoms with van der Waals surface area (Å²) in [6, 6.07) is 9.15. The van der Waals surface area contributed by atoms with Gasteiger partial charge in [-0.1, -0.05) is 12.1 Å². The van der Waals surface area contributed by atoms with Gasteiger partial charge in [0.15, 0.2) is 0 Å². The third-order valence-corrected chi connectivity index (χ3v) is 2.73. The van der Waals surface area contributed by atoms with Crippen LogP contribution < -0.4 is 10.1 Å². The zero-order valence-corrected chi connectivity index (χ0v) is 10.5. The van der Waals surface area contributed by atoms with Gasteiger partial charge in [0.1, 0.15) is 5.75 Å². The maximum atomic E-state index is 12.6. The maximum absolute atomic E-state index is 12.6. The smallest absolute Gasteiger partial charge is 0.333 e. The van der Waals surface area contributed by atoms with Crippen molar-refractivity contribution in [2.45, 2.75) is 19.6 Å². The van der Waals surface area contributed by atoms with Crippen molar-refractivity contribution in [2.24, 2.45) is 0 Å². The van der Waals surface area contributed by atoms with E-state index >= 15 is 0 Å². The molecule has 1 heterocycles. The molecule has 6 heteroatoms. The summed E-state index contributed by atoms with van der Waals surface area (Å²) < 4.78 is 30.9. The number of ether oxygens (including phenoxy) is 1. The molecule has 0 fully saturated rings. The van der Waals surface area contributed by atoms with Crippen LogP contribution in [0.15, 0.2) is 36.5 Å². The van der Waals surface area contributed by atoms with Crippen LogP contribution in [-0.2, 0) is 13.1 Å². The van der Waals surface area contributed by atoms with Gasteiger partial charge in [0.2, 0.25) is 0 Å². The molecule has 0 unspecified atom stereocenters. The van der Waals surface area contributed by atoms with Crippen molar-refractivity contribution in [3.05, 3.63) is 47.8 Å². The van der Waals surface area contributed by atoms with Gasteiger partial charge in [-0.2, -0.15) is 13.9 Å². The first kappa shape index (κ1) is 13.5. The first-order valence-corrected chi connectivity index (χ1v) is 5.85. The number of aromatic nitrogens is 2. The Hall–Kier alpha value is -1.95. The predicted molar refractivity (Wildman–Crippen MR) is 67.0 cm³/mol. The van der Waals surface area contributed by atoms with E-state index in [1.54, 1.807) is 13.2 Å². The van der Waals surface area contributed by atoms with Crippen LogP contribution in [0.2, 0.25) is 0 Å². The van der Waals surface area contributed by atoms with Crippen LogP contribution >= 0.6 is 0 Å². The van der Waals surface area contributed by atoms with Crippen molar-refractivity contribution < 1.29 is 13.5 Å². The topological polar surface area (TPSA) is 39.1 Å². The van der Waals surface area contributed by atoms with E-state index in [-0.39, 0.29) is 0 Å². The number of nitrogens with zero attached hydrogens (tertiary/aromatic N) is 2. The van der Waals surface area contributed by atoms with Crippen LogP contribution in [0, 0.1) is 0 Å². The first-order chi connectivity index (χ1) is 9.20. The third-order valence-electron chi connectivity index (χ3n) is 2.73. The van der Waals surface area contributed by atoms with E-state index in [1.165, 1.54) is 6.20 Å². The number of methoxy groups -OCH3 is 1. The lowest BCUT2D eigenvalue weighted by atomic mass is 10.2. The maximum Gasteiger partial charge on any atom is 0.333 e. The molecular formula is C13H15F2N3O. The van der Waals surface area contributed by atoms with Gasteiger partial charge in [0, 0.05) is 19.3 Å². The summed E-state index contributed by atoms with van der Waals surface area (Å²) in [5.74, 6) is 0.791. The molecule has 1 aromatic heterocycles. The summed E-state index contributed by atoms with van der Waals surface area (Å²) in [4.78, 5) is 0. The largest absolute Gasteiger partial charge is 0.497 e. The zero-order chi connectivity index (χ0) is 13.7. The first-order valence-electron chi connectivity index (χ1n) is 5.85. The van der Waals surface area contributed by atoms with E-state index in [1.807, 2.05) is 24.3 Å².